The van der Waals surface area contributed by atoms with Gasteiger partial charge in [0, 0.05) is 30.4 Å². The highest BCUT2D eigenvalue weighted by molar-refractivity contribution is 7.13. The summed E-state index contributed by atoms with van der Waals surface area (Å²) in [6, 6.07) is 10.9. The Bertz CT molecular complexity index is 1300. The van der Waals surface area contributed by atoms with Crippen LogP contribution in [0.5, 0.6) is 5.75 Å². The molecule has 1 amide bonds. The van der Waals surface area contributed by atoms with Gasteiger partial charge in [0.05, 0.1) is 10.6 Å². The Hall–Kier alpha value is -2.89. The maximum Gasteiger partial charge on any atom is 0.487 e. The number of nitrogens with zero attached hydrogens (tertiary/aromatic N) is 4. The van der Waals surface area contributed by atoms with Crippen molar-refractivity contribution in [3.63, 3.8) is 0 Å². The number of fused-ring (bicyclic) bond motifs is 1. The Morgan fingerprint density at radius 2 is 1.82 bits per heavy atom. The quantitative estimate of drug-likeness (QED) is 0.225. The van der Waals surface area contributed by atoms with Crippen LogP contribution in [0.15, 0.2) is 53.9 Å². The van der Waals surface area contributed by atoms with Crippen LogP contribution >= 0.6 is 34.5 Å². The number of amides is 1. The number of halogens is 6. The maximum absolute atomic E-state index is 14.1. The average molecular weight is 519 g/mol. The minimum atomic E-state index is -3.88. The summed E-state index contributed by atoms with van der Waals surface area (Å²) in [5, 5.41) is 1.97. The number of hydrogen-bond acceptors (Lipinski definition) is 5. The third-order valence-corrected chi connectivity index (χ3v) is 5.64. The van der Waals surface area contributed by atoms with Crippen LogP contribution in [0.3, 0.4) is 0 Å². The lowest BCUT2D eigenvalue weighted by atomic mass is 10.2. The summed E-state index contributed by atoms with van der Waals surface area (Å²) in [4.78, 5) is 19.0. The van der Waals surface area contributed by atoms with Crippen LogP contribution < -0.4 is 9.64 Å². The Labute approximate surface area is 197 Å². The van der Waals surface area contributed by atoms with Crippen LogP contribution in [0.2, 0.25) is 0 Å². The SMILES string of the molecule is CN(C(=O)c1cc2nc(-c3cccs3)cc(C(F)(F)Cl)n2n1)c1ccc(OC(F)(F)Cl)cc1. The number of carbonyl (C=O) groups is 1. The van der Waals surface area contributed by atoms with Crippen LogP contribution in [0.4, 0.5) is 23.2 Å². The van der Waals surface area contributed by atoms with Crippen LogP contribution in [0.25, 0.3) is 16.2 Å². The first-order chi connectivity index (χ1) is 15.4. The predicted octanol–water partition coefficient (Wildman–Crippen LogP) is 6.19. The van der Waals surface area contributed by atoms with E-state index in [9.17, 15) is 22.4 Å². The van der Waals surface area contributed by atoms with E-state index in [0.717, 1.165) is 15.5 Å². The van der Waals surface area contributed by atoms with Gasteiger partial charge in [0.25, 0.3) is 5.91 Å². The number of benzene rings is 1. The van der Waals surface area contributed by atoms with Gasteiger partial charge >= 0.3 is 10.9 Å². The first kappa shape index (κ1) is 23.3. The van der Waals surface area contributed by atoms with Gasteiger partial charge in [-0.3, -0.25) is 4.79 Å². The normalized spacial score (nSPS) is 12.2. The fourth-order valence-corrected chi connectivity index (χ4v) is 3.90. The van der Waals surface area contributed by atoms with E-state index in [1.807, 2.05) is 0 Å². The van der Waals surface area contributed by atoms with Gasteiger partial charge in [0.15, 0.2) is 11.3 Å². The smallest absolute Gasteiger partial charge is 0.420 e. The molecule has 0 aliphatic rings. The second kappa shape index (κ2) is 8.47. The van der Waals surface area contributed by atoms with Crippen molar-refractivity contribution in [3.05, 3.63) is 65.3 Å². The zero-order valence-electron chi connectivity index (χ0n) is 16.5. The first-order valence-corrected chi connectivity index (χ1v) is 10.7. The Kier molecular flexibility index (Phi) is 5.97. The van der Waals surface area contributed by atoms with E-state index in [2.05, 4.69) is 14.8 Å². The van der Waals surface area contributed by atoms with Gasteiger partial charge in [0.1, 0.15) is 11.4 Å². The lowest BCUT2D eigenvalue weighted by molar-refractivity contribution is -0.0964. The van der Waals surface area contributed by atoms with Crippen molar-refractivity contribution in [1.29, 1.82) is 0 Å². The van der Waals surface area contributed by atoms with Crippen LogP contribution in [-0.4, -0.2) is 33.1 Å². The molecule has 6 nitrogen and oxygen atoms in total. The molecule has 4 rings (SSSR count). The van der Waals surface area contributed by atoms with Gasteiger partial charge in [-0.25, -0.2) is 9.50 Å². The zero-order valence-corrected chi connectivity index (χ0v) is 18.8. The molecule has 0 aliphatic heterocycles. The summed E-state index contributed by atoms with van der Waals surface area (Å²) in [7, 11) is 1.40. The minimum absolute atomic E-state index is 0.000988. The molecule has 0 unspecified atom stereocenters. The first-order valence-electron chi connectivity index (χ1n) is 9.08. The summed E-state index contributed by atoms with van der Waals surface area (Å²) in [6.07, 6.45) is 0. The highest BCUT2D eigenvalue weighted by Crippen LogP contribution is 2.35. The third kappa shape index (κ3) is 5.05. The molecule has 0 fully saturated rings. The molecule has 0 aliphatic carbocycles. The van der Waals surface area contributed by atoms with E-state index in [1.54, 1.807) is 17.5 Å². The molecule has 3 aromatic heterocycles. The molecule has 3 heterocycles. The second-order valence-corrected chi connectivity index (χ2v) is 8.57. The number of hydrogen-bond donors (Lipinski definition) is 0. The number of rotatable bonds is 6. The van der Waals surface area contributed by atoms with Gasteiger partial charge in [-0.1, -0.05) is 6.07 Å². The lowest BCUT2D eigenvalue weighted by Gasteiger charge is -2.17. The summed E-state index contributed by atoms with van der Waals surface area (Å²) in [5.41, 5.74) is -4.15. The van der Waals surface area contributed by atoms with E-state index in [1.165, 1.54) is 48.7 Å². The van der Waals surface area contributed by atoms with Crippen LogP contribution in [0.1, 0.15) is 16.2 Å². The van der Waals surface area contributed by atoms with Gasteiger partial charge in [0.2, 0.25) is 0 Å². The molecule has 4 aromatic rings. The number of carbonyl (C=O) groups excluding carboxylic acids is 1. The van der Waals surface area contributed by atoms with Gasteiger partial charge < -0.3 is 9.64 Å². The number of alkyl halides is 6. The number of aromatic nitrogens is 3. The molecule has 0 atom stereocenters. The van der Waals surface area contributed by atoms with Gasteiger partial charge in [-0.2, -0.15) is 13.9 Å². The van der Waals surface area contributed by atoms with Crippen molar-refractivity contribution in [1.82, 2.24) is 14.6 Å². The molecule has 0 N–H and O–H groups in total. The van der Waals surface area contributed by atoms with E-state index in [4.69, 9.17) is 23.2 Å². The summed E-state index contributed by atoms with van der Waals surface area (Å²) in [5.74, 6) is -0.870. The topological polar surface area (TPSA) is 59.7 Å². The van der Waals surface area contributed by atoms with E-state index >= 15 is 0 Å². The highest BCUT2D eigenvalue weighted by Gasteiger charge is 2.34. The van der Waals surface area contributed by atoms with E-state index < -0.39 is 22.6 Å². The second-order valence-electron chi connectivity index (χ2n) is 6.71. The minimum Gasteiger partial charge on any atom is -0.420 e. The monoisotopic (exact) mass is 518 g/mol. The van der Waals surface area contributed by atoms with Crippen LogP contribution in [0, 0.1) is 0 Å². The summed E-state index contributed by atoms with van der Waals surface area (Å²) < 4.78 is 58.8. The van der Waals surface area contributed by atoms with Crippen molar-refractivity contribution in [2.75, 3.05) is 11.9 Å². The highest BCUT2D eigenvalue weighted by atomic mass is 35.5. The van der Waals surface area contributed by atoms with Gasteiger partial charge in [-0.05, 0) is 53.4 Å². The van der Waals surface area contributed by atoms with Gasteiger partial charge in [-0.15, -0.1) is 20.1 Å². The summed E-state index contributed by atoms with van der Waals surface area (Å²) in [6.45, 7) is 0. The van der Waals surface area contributed by atoms with E-state index in [-0.39, 0.29) is 22.8 Å². The van der Waals surface area contributed by atoms with Crippen molar-refractivity contribution in [2.24, 2.45) is 0 Å². The summed E-state index contributed by atoms with van der Waals surface area (Å²) >= 11 is 11.3. The molecular formula is C20H12Cl2F4N4O2S. The largest absolute Gasteiger partial charge is 0.487 e. The van der Waals surface area contributed by atoms with Crippen molar-refractivity contribution in [2.45, 2.75) is 10.9 Å². The number of anilines is 1. The molecule has 1 aromatic carbocycles. The Balaban J connectivity index is 1.68. The van der Waals surface area contributed by atoms with Crippen molar-refractivity contribution >= 4 is 51.8 Å². The molecule has 0 saturated carbocycles. The fourth-order valence-electron chi connectivity index (χ4n) is 2.99. The average Bonchev–Trinajstić information content (AvgIpc) is 3.40. The Morgan fingerprint density at radius 1 is 1.12 bits per heavy atom. The standard InChI is InChI=1S/C20H12Cl2F4N4O2S/c1-29(11-4-6-12(7-5-11)32-20(22,25)26)18(31)14-10-17-27-13(15-3-2-8-33-15)9-16(19(21,23)24)30(17)28-14/h2-10H,1H3. The predicted molar refractivity (Wildman–Crippen MR) is 117 cm³/mol. The van der Waals surface area contributed by atoms with E-state index in [0.29, 0.717) is 10.6 Å². The number of ether oxygens (including phenoxy) is 1. The molecule has 172 valence electrons. The molecule has 0 spiro atoms. The molecule has 33 heavy (non-hydrogen) atoms. The number of thiophene rings is 1. The molecular weight excluding hydrogens is 507 g/mol. The molecule has 13 heteroatoms. The molecule has 0 saturated heterocycles. The molecule has 0 bridgehead atoms. The maximum atomic E-state index is 14.1. The van der Waals surface area contributed by atoms with Crippen LogP contribution in [-0.2, 0) is 5.38 Å². The molecule has 0 radical (unpaired) electrons. The zero-order chi connectivity index (χ0) is 24.0. The third-order valence-electron chi connectivity index (χ3n) is 4.47. The van der Waals surface area contributed by atoms with Crippen molar-refractivity contribution < 1.29 is 27.1 Å². The fraction of sp³-hybridized carbons (Fsp3) is 0.150. The van der Waals surface area contributed by atoms with Crippen molar-refractivity contribution in [3.8, 4) is 16.3 Å². The lowest BCUT2D eigenvalue weighted by Crippen LogP contribution is -2.26. The Morgan fingerprint density at radius 3 is 2.39 bits per heavy atom.